The van der Waals surface area contributed by atoms with Crippen molar-refractivity contribution in [2.24, 2.45) is 0 Å². The Labute approximate surface area is 133 Å². The summed E-state index contributed by atoms with van der Waals surface area (Å²) in [5, 5.41) is 8.72. The number of ether oxygens (including phenoxy) is 1. The van der Waals surface area contributed by atoms with Gasteiger partial charge in [-0.2, -0.15) is 31.6 Å². The maximum Gasteiger partial charge on any atom is 0.417 e. The molecule has 1 unspecified atom stereocenters. The SMILES string of the molecule is COC(=O)C(C)N(CC(F)(F)F)c1ccc(C#N)c(C(F)(F)F)c1. The molecule has 0 aromatic heterocycles. The standard InChI is InChI=1S/C14H12F6N2O2/c1-8(12(23)24-2)22(7-13(15,16)17)10-4-3-9(6-21)11(5-10)14(18,19)20/h3-5,8H,7H2,1-2H3. The average Bonchev–Trinajstić information content (AvgIpc) is 2.48. The number of nitriles is 1. The van der Waals surface area contributed by atoms with E-state index in [0.29, 0.717) is 11.0 Å². The van der Waals surface area contributed by atoms with Crippen LogP contribution in [0.1, 0.15) is 18.1 Å². The quantitative estimate of drug-likeness (QED) is 0.613. The number of carbonyl (C=O) groups excluding carboxylic acids is 1. The highest BCUT2D eigenvalue weighted by Gasteiger charge is 2.38. The molecule has 1 aromatic rings. The van der Waals surface area contributed by atoms with Gasteiger partial charge < -0.3 is 9.64 Å². The van der Waals surface area contributed by atoms with Crippen LogP contribution >= 0.6 is 0 Å². The van der Waals surface area contributed by atoms with E-state index in [-0.39, 0.29) is 0 Å². The summed E-state index contributed by atoms with van der Waals surface area (Å²) in [6, 6.07) is 1.92. The van der Waals surface area contributed by atoms with Crippen LogP contribution in [0.4, 0.5) is 32.0 Å². The average molecular weight is 354 g/mol. The zero-order chi connectivity index (χ0) is 18.7. The number of benzene rings is 1. The number of hydrogen-bond donors (Lipinski definition) is 0. The minimum atomic E-state index is -4.93. The van der Waals surface area contributed by atoms with Gasteiger partial charge in [-0.05, 0) is 25.1 Å². The summed E-state index contributed by atoms with van der Waals surface area (Å²) in [4.78, 5) is 11.9. The van der Waals surface area contributed by atoms with Crippen LogP contribution in [-0.2, 0) is 15.7 Å². The third kappa shape index (κ3) is 4.78. The van der Waals surface area contributed by atoms with Gasteiger partial charge in [0, 0.05) is 5.69 Å². The molecule has 10 heteroatoms. The van der Waals surface area contributed by atoms with E-state index in [1.165, 1.54) is 6.07 Å². The van der Waals surface area contributed by atoms with E-state index in [1.807, 2.05) is 0 Å². The summed E-state index contributed by atoms with van der Waals surface area (Å²) < 4.78 is 81.4. The highest BCUT2D eigenvalue weighted by Crippen LogP contribution is 2.35. The maximum absolute atomic E-state index is 13.0. The van der Waals surface area contributed by atoms with Crippen molar-refractivity contribution in [3.8, 4) is 6.07 Å². The lowest BCUT2D eigenvalue weighted by atomic mass is 10.1. The number of esters is 1. The molecule has 1 atom stereocenters. The smallest absolute Gasteiger partial charge is 0.417 e. The number of methoxy groups -OCH3 is 1. The molecule has 4 nitrogen and oxygen atoms in total. The first-order chi connectivity index (χ1) is 10.9. The van der Waals surface area contributed by atoms with Crippen molar-refractivity contribution < 1.29 is 35.9 Å². The molecule has 0 aliphatic carbocycles. The molecule has 0 spiro atoms. The molecule has 0 amide bonds. The largest absolute Gasteiger partial charge is 0.467 e. The lowest BCUT2D eigenvalue weighted by Crippen LogP contribution is -2.45. The summed E-state index contributed by atoms with van der Waals surface area (Å²) in [5.74, 6) is -1.04. The van der Waals surface area contributed by atoms with Gasteiger partial charge in [-0.15, -0.1) is 0 Å². The van der Waals surface area contributed by atoms with E-state index in [1.54, 1.807) is 0 Å². The second kappa shape index (κ2) is 6.98. The van der Waals surface area contributed by atoms with Crippen molar-refractivity contribution in [2.75, 3.05) is 18.6 Å². The fourth-order valence-corrected chi connectivity index (χ4v) is 1.99. The molecular weight excluding hydrogens is 342 g/mol. The highest BCUT2D eigenvalue weighted by atomic mass is 19.4. The Morgan fingerprint density at radius 1 is 1.29 bits per heavy atom. The van der Waals surface area contributed by atoms with Crippen molar-refractivity contribution in [3.05, 3.63) is 29.3 Å². The molecule has 0 aliphatic rings. The van der Waals surface area contributed by atoms with Crippen LogP contribution in [0.2, 0.25) is 0 Å². The molecular formula is C14H12F6N2O2. The van der Waals surface area contributed by atoms with Crippen molar-refractivity contribution in [1.82, 2.24) is 0 Å². The van der Waals surface area contributed by atoms with Gasteiger partial charge in [0.2, 0.25) is 0 Å². The Balaban J connectivity index is 3.43. The molecule has 1 rings (SSSR count). The molecule has 0 saturated heterocycles. The van der Waals surface area contributed by atoms with Crippen LogP contribution in [0.25, 0.3) is 0 Å². The van der Waals surface area contributed by atoms with Crippen molar-refractivity contribution in [2.45, 2.75) is 25.3 Å². The van der Waals surface area contributed by atoms with Crippen molar-refractivity contribution in [1.29, 1.82) is 5.26 Å². The lowest BCUT2D eigenvalue weighted by molar-refractivity contribution is -0.143. The molecule has 0 aliphatic heterocycles. The van der Waals surface area contributed by atoms with Gasteiger partial charge in [0.1, 0.15) is 12.6 Å². The third-order valence-corrected chi connectivity index (χ3v) is 3.12. The molecule has 0 heterocycles. The predicted molar refractivity (Wildman–Crippen MR) is 71.0 cm³/mol. The van der Waals surface area contributed by atoms with Gasteiger partial charge in [-0.1, -0.05) is 0 Å². The highest BCUT2D eigenvalue weighted by molar-refractivity contribution is 5.79. The molecule has 132 valence electrons. The molecule has 0 N–H and O–H groups in total. The van der Waals surface area contributed by atoms with Gasteiger partial charge in [-0.3, -0.25) is 0 Å². The fourth-order valence-electron chi connectivity index (χ4n) is 1.99. The van der Waals surface area contributed by atoms with Crippen molar-refractivity contribution in [3.63, 3.8) is 0 Å². The third-order valence-electron chi connectivity index (χ3n) is 3.12. The van der Waals surface area contributed by atoms with E-state index >= 15 is 0 Å². The maximum atomic E-state index is 13.0. The number of anilines is 1. The summed E-state index contributed by atoms with van der Waals surface area (Å²) in [6.07, 6.45) is -9.70. The van der Waals surface area contributed by atoms with E-state index in [2.05, 4.69) is 4.74 Å². The Morgan fingerprint density at radius 3 is 2.29 bits per heavy atom. The molecule has 24 heavy (non-hydrogen) atoms. The van der Waals surface area contributed by atoms with Gasteiger partial charge in [0.25, 0.3) is 0 Å². The van der Waals surface area contributed by atoms with Crippen LogP contribution < -0.4 is 4.90 Å². The Kier molecular flexibility index (Phi) is 5.71. The van der Waals surface area contributed by atoms with E-state index < -0.39 is 47.7 Å². The second-order valence-corrected chi connectivity index (χ2v) is 4.78. The first-order valence-electron chi connectivity index (χ1n) is 6.43. The first kappa shape index (κ1) is 19.6. The summed E-state index contributed by atoms with van der Waals surface area (Å²) in [5.41, 5.74) is -2.62. The number of carbonyl (C=O) groups is 1. The fraction of sp³-hybridized carbons (Fsp3) is 0.429. The molecule has 0 fully saturated rings. The first-order valence-corrected chi connectivity index (χ1v) is 6.43. The second-order valence-electron chi connectivity index (χ2n) is 4.78. The van der Waals surface area contributed by atoms with Crippen LogP contribution in [0.3, 0.4) is 0 Å². The Hall–Kier alpha value is -2.44. The molecule has 0 radical (unpaired) electrons. The lowest BCUT2D eigenvalue weighted by Gasteiger charge is -2.30. The van der Waals surface area contributed by atoms with E-state index in [4.69, 9.17) is 5.26 Å². The number of halogens is 6. The van der Waals surface area contributed by atoms with Gasteiger partial charge in [-0.25, -0.2) is 4.79 Å². The zero-order valence-corrected chi connectivity index (χ0v) is 12.5. The number of nitrogens with zero attached hydrogens (tertiary/aromatic N) is 2. The minimum absolute atomic E-state index is 0.406. The minimum Gasteiger partial charge on any atom is -0.467 e. The van der Waals surface area contributed by atoms with Crippen LogP contribution in [0, 0.1) is 11.3 Å². The topological polar surface area (TPSA) is 53.3 Å². The van der Waals surface area contributed by atoms with Crippen LogP contribution in [0.15, 0.2) is 18.2 Å². The van der Waals surface area contributed by atoms with Crippen LogP contribution in [0.5, 0.6) is 0 Å². The Bertz CT molecular complexity index is 648. The zero-order valence-electron chi connectivity index (χ0n) is 12.5. The summed E-state index contributed by atoms with van der Waals surface area (Å²) in [6.45, 7) is -0.588. The van der Waals surface area contributed by atoms with Crippen molar-refractivity contribution >= 4 is 11.7 Å². The van der Waals surface area contributed by atoms with Gasteiger partial charge >= 0.3 is 18.3 Å². The predicted octanol–water partition coefficient (Wildman–Crippen LogP) is 3.51. The summed E-state index contributed by atoms with van der Waals surface area (Å²) in [7, 11) is 0.949. The molecule has 1 aromatic carbocycles. The number of alkyl halides is 6. The molecule has 0 saturated carbocycles. The monoisotopic (exact) mass is 354 g/mol. The van der Waals surface area contributed by atoms with E-state index in [0.717, 1.165) is 26.2 Å². The van der Waals surface area contributed by atoms with E-state index in [9.17, 15) is 31.1 Å². The molecule has 0 bridgehead atoms. The van der Waals surface area contributed by atoms with Crippen LogP contribution in [-0.4, -0.2) is 31.8 Å². The summed E-state index contributed by atoms with van der Waals surface area (Å²) >= 11 is 0. The van der Waals surface area contributed by atoms with Gasteiger partial charge in [0.15, 0.2) is 0 Å². The normalized spacial score (nSPS) is 13.1. The number of hydrogen-bond acceptors (Lipinski definition) is 4. The number of rotatable bonds is 4. The van der Waals surface area contributed by atoms with Gasteiger partial charge in [0.05, 0.1) is 24.3 Å². The Morgan fingerprint density at radius 2 is 1.88 bits per heavy atom.